The van der Waals surface area contributed by atoms with E-state index >= 15 is 0 Å². The fourth-order valence-corrected chi connectivity index (χ4v) is 3.25. The molecule has 1 heteroatoms. The molecule has 21 heavy (non-hydrogen) atoms. The van der Waals surface area contributed by atoms with Crippen LogP contribution in [0.3, 0.4) is 0 Å². The van der Waals surface area contributed by atoms with Gasteiger partial charge in [0.25, 0.3) is 0 Å². The first kappa shape index (κ1) is 21.0. The van der Waals surface area contributed by atoms with Crippen LogP contribution in [-0.4, -0.2) is 13.1 Å². The Hall–Kier alpha value is -0.0400. The highest BCUT2D eigenvalue weighted by Crippen LogP contribution is 2.22. The van der Waals surface area contributed by atoms with Crippen LogP contribution >= 0.6 is 0 Å². The summed E-state index contributed by atoms with van der Waals surface area (Å²) >= 11 is 0. The van der Waals surface area contributed by atoms with Crippen molar-refractivity contribution in [2.24, 2.45) is 23.7 Å². The summed E-state index contributed by atoms with van der Waals surface area (Å²) in [5.41, 5.74) is 0. The summed E-state index contributed by atoms with van der Waals surface area (Å²) in [5.74, 6) is 3.51. The maximum atomic E-state index is 3.71. The van der Waals surface area contributed by atoms with Crippen LogP contribution in [0, 0.1) is 23.7 Å². The molecule has 0 rings (SSSR count). The fraction of sp³-hybridized carbons (Fsp3) is 1.00. The zero-order valence-corrected chi connectivity index (χ0v) is 15.9. The predicted octanol–water partition coefficient (Wildman–Crippen LogP) is 6.28. The molecule has 0 saturated carbocycles. The Labute approximate surface area is 135 Å². The monoisotopic (exact) mass is 297 g/mol. The van der Waals surface area contributed by atoms with Gasteiger partial charge in [0.2, 0.25) is 0 Å². The molecule has 0 aromatic carbocycles. The minimum Gasteiger partial charge on any atom is -0.317 e. The molecule has 0 heterocycles. The summed E-state index contributed by atoms with van der Waals surface area (Å²) < 4.78 is 0. The molecule has 0 spiro atoms. The van der Waals surface area contributed by atoms with Crippen LogP contribution in [-0.2, 0) is 0 Å². The lowest BCUT2D eigenvalue weighted by Gasteiger charge is -2.23. The van der Waals surface area contributed by atoms with Gasteiger partial charge >= 0.3 is 0 Å². The summed E-state index contributed by atoms with van der Waals surface area (Å²) in [4.78, 5) is 0. The molecule has 128 valence electrons. The summed E-state index contributed by atoms with van der Waals surface area (Å²) in [5, 5.41) is 3.71. The smallest absolute Gasteiger partial charge is 0.00462 e. The second-order valence-corrected chi connectivity index (χ2v) is 7.62. The van der Waals surface area contributed by atoms with Crippen LogP contribution < -0.4 is 5.32 Å². The van der Waals surface area contributed by atoms with Gasteiger partial charge in [-0.15, -0.1) is 0 Å². The highest BCUT2D eigenvalue weighted by atomic mass is 14.8. The summed E-state index contributed by atoms with van der Waals surface area (Å²) in [7, 11) is 0. The lowest BCUT2D eigenvalue weighted by atomic mass is 9.87. The molecule has 1 N–H and O–H groups in total. The molecule has 0 aromatic heterocycles. The number of hydrogen-bond acceptors (Lipinski definition) is 1. The average Bonchev–Trinajstić information content (AvgIpc) is 2.44. The van der Waals surface area contributed by atoms with Gasteiger partial charge in [0, 0.05) is 0 Å². The van der Waals surface area contributed by atoms with E-state index in [4.69, 9.17) is 0 Å². The lowest BCUT2D eigenvalue weighted by molar-refractivity contribution is 0.305. The van der Waals surface area contributed by atoms with Crippen molar-refractivity contribution in [3.05, 3.63) is 0 Å². The third-order valence-corrected chi connectivity index (χ3v) is 5.13. The van der Waals surface area contributed by atoms with Crippen molar-refractivity contribution in [2.45, 2.75) is 92.9 Å². The van der Waals surface area contributed by atoms with Gasteiger partial charge in [-0.2, -0.15) is 0 Å². The van der Waals surface area contributed by atoms with Crippen molar-refractivity contribution in [2.75, 3.05) is 13.1 Å². The number of unbranched alkanes of at least 4 members (excludes halogenated alkanes) is 2. The molecule has 2 atom stereocenters. The topological polar surface area (TPSA) is 12.0 Å². The van der Waals surface area contributed by atoms with E-state index in [1.54, 1.807) is 0 Å². The molecule has 0 fully saturated rings. The van der Waals surface area contributed by atoms with Gasteiger partial charge in [0.15, 0.2) is 0 Å². The average molecular weight is 298 g/mol. The van der Waals surface area contributed by atoms with Gasteiger partial charge in [-0.3, -0.25) is 0 Å². The van der Waals surface area contributed by atoms with Gasteiger partial charge < -0.3 is 5.32 Å². The molecule has 1 nitrogen and oxygen atoms in total. The van der Waals surface area contributed by atoms with E-state index in [1.165, 1.54) is 64.5 Å². The zero-order valence-electron chi connectivity index (χ0n) is 15.9. The second kappa shape index (κ2) is 13.6. The minimum absolute atomic E-state index is 0.839. The molecule has 2 unspecified atom stereocenters. The van der Waals surface area contributed by atoms with Crippen LogP contribution in [0.1, 0.15) is 92.9 Å². The highest BCUT2D eigenvalue weighted by molar-refractivity contribution is 4.67. The first-order valence-electron chi connectivity index (χ1n) is 9.73. The molecule has 0 aliphatic rings. The standard InChI is InChI=1S/C20H43N/c1-7-9-11-19(17(3)4)13-15-21-16-14-20(18(5)6)12-10-8-2/h17-21H,7-16H2,1-6H3. The van der Waals surface area contributed by atoms with E-state index in [0.717, 1.165) is 23.7 Å². The van der Waals surface area contributed by atoms with Crippen LogP contribution in [0.5, 0.6) is 0 Å². The van der Waals surface area contributed by atoms with Crippen molar-refractivity contribution >= 4 is 0 Å². The molecular formula is C20H43N. The van der Waals surface area contributed by atoms with Crippen LogP contribution in [0.25, 0.3) is 0 Å². The Kier molecular flexibility index (Phi) is 13.6. The molecule has 0 aromatic rings. The van der Waals surface area contributed by atoms with Gasteiger partial charge in [0.1, 0.15) is 0 Å². The van der Waals surface area contributed by atoms with E-state index in [0.29, 0.717) is 0 Å². The van der Waals surface area contributed by atoms with Gasteiger partial charge in [0.05, 0.1) is 0 Å². The SMILES string of the molecule is CCCCC(CCNCCC(CCCC)C(C)C)C(C)C. The van der Waals surface area contributed by atoms with E-state index in [9.17, 15) is 0 Å². The highest BCUT2D eigenvalue weighted by Gasteiger charge is 2.14. The van der Waals surface area contributed by atoms with Crippen molar-refractivity contribution in [3.8, 4) is 0 Å². The number of rotatable bonds is 14. The fourth-order valence-electron chi connectivity index (χ4n) is 3.25. The van der Waals surface area contributed by atoms with Crippen molar-refractivity contribution in [1.29, 1.82) is 0 Å². The Bertz CT molecular complexity index is 188. The van der Waals surface area contributed by atoms with E-state index < -0.39 is 0 Å². The first-order chi connectivity index (χ1) is 10.0. The molecule has 0 aliphatic heterocycles. The number of nitrogens with one attached hydrogen (secondary N) is 1. The molecule has 0 saturated heterocycles. The third-order valence-electron chi connectivity index (χ3n) is 5.13. The Morgan fingerprint density at radius 3 is 1.29 bits per heavy atom. The summed E-state index contributed by atoms with van der Waals surface area (Å²) in [6, 6.07) is 0. The Balaban J connectivity index is 3.80. The molecule has 0 bridgehead atoms. The van der Waals surface area contributed by atoms with Crippen molar-refractivity contribution in [1.82, 2.24) is 5.32 Å². The summed E-state index contributed by atoms with van der Waals surface area (Å²) in [6.07, 6.45) is 11.0. The van der Waals surface area contributed by atoms with Crippen LogP contribution in [0.2, 0.25) is 0 Å². The van der Waals surface area contributed by atoms with E-state index in [1.807, 2.05) is 0 Å². The quantitative estimate of drug-likeness (QED) is 0.372. The molecule has 0 radical (unpaired) electrons. The normalized spacial score (nSPS) is 14.9. The first-order valence-corrected chi connectivity index (χ1v) is 9.73. The van der Waals surface area contributed by atoms with Gasteiger partial charge in [-0.05, 0) is 49.6 Å². The Morgan fingerprint density at radius 1 is 0.619 bits per heavy atom. The lowest BCUT2D eigenvalue weighted by Crippen LogP contribution is -2.24. The molecular weight excluding hydrogens is 254 g/mol. The maximum Gasteiger partial charge on any atom is -0.00462 e. The largest absolute Gasteiger partial charge is 0.317 e. The van der Waals surface area contributed by atoms with E-state index in [-0.39, 0.29) is 0 Å². The molecule has 0 aliphatic carbocycles. The predicted molar refractivity (Wildman–Crippen MR) is 97.8 cm³/mol. The molecule has 0 amide bonds. The maximum absolute atomic E-state index is 3.71. The van der Waals surface area contributed by atoms with Crippen molar-refractivity contribution in [3.63, 3.8) is 0 Å². The Morgan fingerprint density at radius 2 is 1.00 bits per heavy atom. The van der Waals surface area contributed by atoms with Crippen LogP contribution in [0.15, 0.2) is 0 Å². The zero-order chi connectivity index (χ0) is 16.1. The number of hydrogen-bond donors (Lipinski definition) is 1. The third kappa shape index (κ3) is 11.2. The summed E-state index contributed by atoms with van der Waals surface area (Å²) in [6.45, 7) is 16.6. The van der Waals surface area contributed by atoms with Gasteiger partial charge in [-0.1, -0.05) is 80.1 Å². The van der Waals surface area contributed by atoms with Crippen LogP contribution in [0.4, 0.5) is 0 Å². The minimum atomic E-state index is 0.839. The van der Waals surface area contributed by atoms with Crippen molar-refractivity contribution < 1.29 is 0 Å². The van der Waals surface area contributed by atoms with Gasteiger partial charge in [-0.25, -0.2) is 0 Å². The second-order valence-electron chi connectivity index (χ2n) is 7.62. The van der Waals surface area contributed by atoms with E-state index in [2.05, 4.69) is 46.9 Å².